The molecule has 1 aliphatic heterocycles. The highest BCUT2D eigenvalue weighted by Crippen LogP contribution is 2.26. The zero-order valence-electron chi connectivity index (χ0n) is 13.5. The van der Waals surface area contributed by atoms with Crippen LogP contribution in [0.5, 0.6) is 0 Å². The molecule has 2 rings (SSSR count). The summed E-state index contributed by atoms with van der Waals surface area (Å²) in [6.45, 7) is 6.83. The fraction of sp³-hybridized carbons (Fsp3) is 0.714. The fourth-order valence-electron chi connectivity index (χ4n) is 1.81. The van der Waals surface area contributed by atoms with Gasteiger partial charge in [-0.2, -0.15) is 0 Å². The first-order valence-electron chi connectivity index (χ1n) is 7.50. The number of anilines is 1. The van der Waals surface area contributed by atoms with Gasteiger partial charge in [-0.1, -0.05) is 43.9 Å². The van der Waals surface area contributed by atoms with Gasteiger partial charge in [0.1, 0.15) is 0 Å². The van der Waals surface area contributed by atoms with Crippen molar-refractivity contribution in [2.24, 2.45) is 5.41 Å². The van der Waals surface area contributed by atoms with Crippen molar-refractivity contribution in [2.75, 3.05) is 24.2 Å². The summed E-state index contributed by atoms with van der Waals surface area (Å²) in [5.74, 6) is 0.106. The van der Waals surface area contributed by atoms with Crippen LogP contribution < -0.4 is 10.6 Å². The molecule has 0 aromatic carbocycles. The Kier molecular flexibility index (Phi) is 6.37. The molecule has 2 heterocycles. The van der Waals surface area contributed by atoms with E-state index in [4.69, 9.17) is 4.74 Å². The summed E-state index contributed by atoms with van der Waals surface area (Å²) in [5, 5.41) is 13.9. The summed E-state index contributed by atoms with van der Waals surface area (Å²) in [7, 11) is 0. The maximum atomic E-state index is 11.9. The first-order chi connectivity index (χ1) is 10.8. The molecule has 1 aromatic rings. The first kappa shape index (κ1) is 18.2. The largest absolute Gasteiger partial charge is 0.376 e. The minimum atomic E-state index is -0.485. The van der Waals surface area contributed by atoms with Crippen LogP contribution in [0, 0.1) is 5.41 Å². The Morgan fingerprint density at radius 3 is 2.83 bits per heavy atom. The fourth-order valence-corrected chi connectivity index (χ4v) is 3.39. The van der Waals surface area contributed by atoms with Crippen LogP contribution in [0.1, 0.15) is 33.6 Å². The van der Waals surface area contributed by atoms with E-state index in [0.29, 0.717) is 16.0 Å². The van der Waals surface area contributed by atoms with Gasteiger partial charge in [0.25, 0.3) is 0 Å². The van der Waals surface area contributed by atoms with Crippen molar-refractivity contribution >= 4 is 40.0 Å². The number of ether oxygens (including phenoxy) is 1. The lowest BCUT2D eigenvalue weighted by molar-refractivity contribution is -0.123. The van der Waals surface area contributed by atoms with Gasteiger partial charge in [0.05, 0.1) is 11.9 Å². The molecule has 0 radical (unpaired) electrons. The van der Waals surface area contributed by atoms with Gasteiger partial charge >= 0.3 is 0 Å². The Labute approximate surface area is 144 Å². The lowest BCUT2D eigenvalue weighted by Gasteiger charge is -2.15. The van der Waals surface area contributed by atoms with E-state index in [1.54, 1.807) is 0 Å². The van der Waals surface area contributed by atoms with Gasteiger partial charge < -0.3 is 15.4 Å². The van der Waals surface area contributed by atoms with Crippen LogP contribution >= 0.6 is 23.1 Å². The van der Waals surface area contributed by atoms with Gasteiger partial charge in [0.15, 0.2) is 4.34 Å². The summed E-state index contributed by atoms with van der Waals surface area (Å²) in [6.07, 6.45) is 2.20. The summed E-state index contributed by atoms with van der Waals surface area (Å²) in [5.41, 5.74) is -0.485. The second-order valence-corrected chi connectivity index (χ2v) is 8.51. The molecule has 1 saturated heterocycles. The molecule has 1 atom stereocenters. The Morgan fingerprint density at radius 2 is 2.17 bits per heavy atom. The SMILES string of the molecule is CC(C)(C)C(=O)Nc1nnc(SCC(=O)NC[C@H]2CCCO2)s1. The molecule has 128 valence electrons. The molecule has 7 nitrogen and oxygen atoms in total. The Hall–Kier alpha value is -1.19. The second kappa shape index (κ2) is 8.07. The Bertz CT molecular complexity index is 550. The number of thioether (sulfide) groups is 1. The van der Waals surface area contributed by atoms with Crippen LogP contribution in [0.4, 0.5) is 5.13 Å². The van der Waals surface area contributed by atoms with Gasteiger partial charge in [0.2, 0.25) is 16.9 Å². The van der Waals surface area contributed by atoms with Crippen molar-refractivity contribution in [1.82, 2.24) is 15.5 Å². The molecule has 1 aromatic heterocycles. The third-order valence-corrected chi connectivity index (χ3v) is 5.16. The quantitative estimate of drug-likeness (QED) is 0.596. The van der Waals surface area contributed by atoms with E-state index in [9.17, 15) is 9.59 Å². The highest BCUT2D eigenvalue weighted by atomic mass is 32.2. The van der Waals surface area contributed by atoms with Crippen molar-refractivity contribution in [1.29, 1.82) is 0 Å². The molecule has 23 heavy (non-hydrogen) atoms. The number of carbonyl (C=O) groups is 2. The van der Waals surface area contributed by atoms with E-state index in [-0.39, 0.29) is 23.7 Å². The van der Waals surface area contributed by atoms with Crippen molar-refractivity contribution < 1.29 is 14.3 Å². The minimum absolute atomic E-state index is 0.0547. The average molecular weight is 358 g/mol. The van der Waals surface area contributed by atoms with Gasteiger partial charge in [-0.3, -0.25) is 9.59 Å². The third kappa shape index (κ3) is 6.08. The van der Waals surface area contributed by atoms with Gasteiger partial charge in [0, 0.05) is 18.6 Å². The zero-order valence-corrected chi connectivity index (χ0v) is 15.2. The van der Waals surface area contributed by atoms with Crippen LogP contribution in [0.3, 0.4) is 0 Å². The molecule has 0 bridgehead atoms. The Morgan fingerprint density at radius 1 is 1.39 bits per heavy atom. The molecular weight excluding hydrogens is 336 g/mol. The normalized spacial score (nSPS) is 18.0. The number of hydrogen-bond acceptors (Lipinski definition) is 7. The summed E-state index contributed by atoms with van der Waals surface area (Å²) < 4.78 is 6.11. The third-order valence-electron chi connectivity index (χ3n) is 3.19. The predicted octanol–water partition coefficient (Wildman–Crippen LogP) is 1.91. The highest BCUT2D eigenvalue weighted by Gasteiger charge is 2.22. The number of nitrogens with zero attached hydrogens (tertiary/aromatic N) is 2. The maximum Gasteiger partial charge on any atom is 0.231 e. The van der Waals surface area contributed by atoms with Crippen LogP contribution in [0.2, 0.25) is 0 Å². The molecule has 0 unspecified atom stereocenters. The van der Waals surface area contributed by atoms with Crippen LogP contribution in [-0.4, -0.2) is 47.0 Å². The monoisotopic (exact) mass is 358 g/mol. The zero-order chi connectivity index (χ0) is 16.9. The maximum absolute atomic E-state index is 11.9. The number of nitrogens with one attached hydrogen (secondary N) is 2. The number of hydrogen-bond donors (Lipinski definition) is 2. The molecular formula is C14H22N4O3S2. The van der Waals surface area contributed by atoms with E-state index in [1.165, 1.54) is 23.1 Å². The second-order valence-electron chi connectivity index (χ2n) is 6.31. The van der Waals surface area contributed by atoms with Crippen LogP contribution in [0.15, 0.2) is 4.34 Å². The van der Waals surface area contributed by atoms with E-state index in [2.05, 4.69) is 20.8 Å². The minimum Gasteiger partial charge on any atom is -0.376 e. The topological polar surface area (TPSA) is 93.2 Å². The molecule has 1 fully saturated rings. The summed E-state index contributed by atoms with van der Waals surface area (Å²) in [6, 6.07) is 0. The van der Waals surface area contributed by atoms with Crippen molar-refractivity contribution in [3.63, 3.8) is 0 Å². The smallest absolute Gasteiger partial charge is 0.231 e. The van der Waals surface area contributed by atoms with E-state index < -0.39 is 5.41 Å². The first-order valence-corrected chi connectivity index (χ1v) is 9.31. The molecule has 0 saturated carbocycles. The summed E-state index contributed by atoms with van der Waals surface area (Å²) >= 11 is 2.57. The molecule has 9 heteroatoms. The molecule has 1 aliphatic rings. The lowest BCUT2D eigenvalue weighted by atomic mass is 9.96. The van der Waals surface area contributed by atoms with Crippen molar-refractivity contribution in [3.05, 3.63) is 0 Å². The summed E-state index contributed by atoms with van der Waals surface area (Å²) in [4.78, 5) is 23.7. The van der Waals surface area contributed by atoms with Gasteiger partial charge in [-0.15, -0.1) is 10.2 Å². The number of amides is 2. The predicted molar refractivity (Wildman–Crippen MR) is 90.7 cm³/mol. The average Bonchev–Trinajstić information content (AvgIpc) is 3.13. The highest BCUT2D eigenvalue weighted by molar-refractivity contribution is 8.01. The standard InChI is InChI=1S/C14H22N4O3S2/c1-14(2,3)11(20)16-12-17-18-13(23-12)22-8-10(19)15-7-9-5-4-6-21-9/h9H,4-8H2,1-3H3,(H,15,19)(H,16,17,20)/t9-/m1/s1. The molecule has 2 N–H and O–H groups in total. The number of carbonyl (C=O) groups excluding carboxylic acids is 2. The molecule has 0 spiro atoms. The molecule has 0 aliphatic carbocycles. The van der Waals surface area contributed by atoms with E-state index >= 15 is 0 Å². The van der Waals surface area contributed by atoms with Crippen LogP contribution in [-0.2, 0) is 14.3 Å². The van der Waals surface area contributed by atoms with Crippen molar-refractivity contribution in [3.8, 4) is 0 Å². The number of rotatable bonds is 6. The van der Waals surface area contributed by atoms with Gasteiger partial charge in [-0.05, 0) is 12.8 Å². The van der Waals surface area contributed by atoms with E-state index in [0.717, 1.165) is 19.4 Å². The Balaban J connectivity index is 1.71. The van der Waals surface area contributed by atoms with Gasteiger partial charge in [-0.25, -0.2) is 0 Å². The molecule has 2 amide bonds. The lowest BCUT2D eigenvalue weighted by Crippen LogP contribution is -2.32. The van der Waals surface area contributed by atoms with Crippen LogP contribution in [0.25, 0.3) is 0 Å². The van der Waals surface area contributed by atoms with Crippen molar-refractivity contribution in [2.45, 2.75) is 44.1 Å². The number of aromatic nitrogens is 2. The van der Waals surface area contributed by atoms with E-state index in [1.807, 2.05) is 20.8 Å².